The van der Waals surface area contributed by atoms with Gasteiger partial charge in [0.15, 0.2) is 5.69 Å². The Balaban J connectivity index is 1.31. The number of halogens is 3. The SMILES string of the molecule is O=C1Nc2ccccc2C(c2ccccc2)=NC1Nc1nnc(-c2ncc(C(F)(F)F)cc2NCc2ccco2)o1. The van der Waals surface area contributed by atoms with E-state index in [-0.39, 0.29) is 29.8 Å². The van der Waals surface area contributed by atoms with E-state index in [0.717, 1.165) is 17.2 Å². The van der Waals surface area contributed by atoms with E-state index in [1.807, 2.05) is 42.5 Å². The normalized spacial score (nSPS) is 15.0. The predicted molar refractivity (Wildman–Crippen MR) is 143 cm³/mol. The van der Waals surface area contributed by atoms with Gasteiger partial charge in [-0.15, -0.1) is 5.10 Å². The maximum atomic E-state index is 13.4. The first-order valence-corrected chi connectivity index (χ1v) is 12.3. The largest absolute Gasteiger partial charge is 0.467 e. The number of benzodiazepines with no additional fused rings is 1. The van der Waals surface area contributed by atoms with Crippen LogP contribution in [0.2, 0.25) is 0 Å². The van der Waals surface area contributed by atoms with E-state index in [9.17, 15) is 18.0 Å². The number of hydrogen-bond donors (Lipinski definition) is 3. The van der Waals surface area contributed by atoms with Gasteiger partial charge < -0.3 is 24.8 Å². The summed E-state index contributed by atoms with van der Waals surface area (Å²) in [5.41, 5.74) is 1.68. The average Bonchev–Trinajstić information content (AvgIpc) is 3.64. The molecule has 2 aromatic carbocycles. The first kappa shape index (κ1) is 25.8. The Morgan fingerprint density at radius 1 is 0.976 bits per heavy atom. The monoisotopic (exact) mass is 559 g/mol. The summed E-state index contributed by atoms with van der Waals surface area (Å²) in [6.45, 7) is 0.0853. The lowest BCUT2D eigenvalue weighted by Crippen LogP contribution is -2.32. The zero-order valence-electron chi connectivity index (χ0n) is 21.0. The van der Waals surface area contributed by atoms with E-state index in [4.69, 9.17) is 8.83 Å². The van der Waals surface area contributed by atoms with Crippen LogP contribution in [-0.2, 0) is 17.5 Å². The van der Waals surface area contributed by atoms with E-state index >= 15 is 0 Å². The van der Waals surface area contributed by atoms with Gasteiger partial charge in [0.1, 0.15) is 5.76 Å². The van der Waals surface area contributed by atoms with Crippen LogP contribution in [0.4, 0.5) is 30.6 Å². The third-order valence-electron chi connectivity index (χ3n) is 6.13. The molecule has 0 saturated heterocycles. The van der Waals surface area contributed by atoms with Crippen molar-refractivity contribution in [3.8, 4) is 11.6 Å². The van der Waals surface area contributed by atoms with Crippen molar-refractivity contribution in [1.82, 2.24) is 15.2 Å². The molecule has 1 aliphatic rings. The molecule has 41 heavy (non-hydrogen) atoms. The summed E-state index contributed by atoms with van der Waals surface area (Å²) in [4.78, 5) is 21.7. The number of pyridine rings is 1. The van der Waals surface area contributed by atoms with Crippen molar-refractivity contribution >= 4 is 29.0 Å². The van der Waals surface area contributed by atoms with Crippen LogP contribution in [-0.4, -0.2) is 33.0 Å². The number of hydrogen-bond acceptors (Lipinski definition) is 9. The van der Waals surface area contributed by atoms with Gasteiger partial charge in [-0.3, -0.25) is 4.79 Å². The lowest BCUT2D eigenvalue weighted by molar-refractivity contribution is -0.137. The third kappa shape index (κ3) is 5.50. The molecule has 13 heteroatoms. The molecule has 0 aliphatic carbocycles. The highest BCUT2D eigenvalue weighted by molar-refractivity contribution is 6.19. The highest BCUT2D eigenvalue weighted by Gasteiger charge is 2.33. The Morgan fingerprint density at radius 2 is 1.78 bits per heavy atom. The summed E-state index contributed by atoms with van der Waals surface area (Å²) < 4.78 is 51.2. The number of benzene rings is 2. The Bertz CT molecular complexity index is 1720. The van der Waals surface area contributed by atoms with Gasteiger partial charge in [-0.05, 0) is 24.3 Å². The number of anilines is 3. The maximum Gasteiger partial charge on any atom is 0.417 e. The number of aromatic nitrogens is 3. The summed E-state index contributed by atoms with van der Waals surface area (Å²) in [6, 6.07) is 20.7. The fraction of sp³-hybridized carbons (Fsp3) is 0.107. The van der Waals surface area contributed by atoms with Crippen LogP contribution in [0, 0.1) is 0 Å². The molecule has 0 spiro atoms. The molecule has 1 amide bonds. The fourth-order valence-electron chi connectivity index (χ4n) is 4.20. The van der Waals surface area contributed by atoms with E-state index in [1.54, 1.807) is 24.3 Å². The molecule has 4 heterocycles. The van der Waals surface area contributed by atoms with Gasteiger partial charge in [0.2, 0.25) is 6.17 Å². The molecule has 3 aromatic heterocycles. The molecule has 0 bridgehead atoms. The van der Waals surface area contributed by atoms with Crippen molar-refractivity contribution < 1.29 is 26.8 Å². The van der Waals surface area contributed by atoms with Crippen LogP contribution in [0.3, 0.4) is 0 Å². The second-order valence-electron chi connectivity index (χ2n) is 8.89. The Kier molecular flexibility index (Phi) is 6.67. The van der Waals surface area contributed by atoms with Gasteiger partial charge in [0.25, 0.3) is 11.8 Å². The minimum atomic E-state index is -4.62. The third-order valence-corrected chi connectivity index (χ3v) is 6.13. The zero-order valence-corrected chi connectivity index (χ0v) is 21.0. The Morgan fingerprint density at radius 3 is 2.56 bits per heavy atom. The smallest absolute Gasteiger partial charge is 0.417 e. The first-order chi connectivity index (χ1) is 19.8. The molecule has 6 rings (SSSR count). The number of rotatable bonds is 7. The van der Waals surface area contributed by atoms with Gasteiger partial charge in [-0.25, -0.2) is 9.98 Å². The molecule has 10 nitrogen and oxygen atoms in total. The van der Waals surface area contributed by atoms with Crippen molar-refractivity contribution in [1.29, 1.82) is 0 Å². The molecular formula is C28H20F3N7O3. The van der Waals surface area contributed by atoms with Crippen molar-refractivity contribution in [2.24, 2.45) is 4.99 Å². The van der Waals surface area contributed by atoms with Gasteiger partial charge in [-0.2, -0.15) is 13.2 Å². The predicted octanol–water partition coefficient (Wildman–Crippen LogP) is 5.58. The lowest BCUT2D eigenvalue weighted by atomic mass is 10.0. The summed E-state index contributed by atoms with van der Waals surface area (Å²) >= 11 is 0. The van der Waals surface area contributed by atoms with Crippen LogP contribution >= 0.6 is 0 Å². The minimum absolute atomic E-state index is 0.00142. The van der Waals surface area contributed by atoms with E-state index in [0.29, 0.717) is 23.4 Å². The number of alkyl halides is 3. The second kappa shape index (κ2) is 10.6. The fourth-order valence-corrected chi connectivity index (χ4v) is 4.20. The summed E-state index contributed by atoms with van der Waals surface area (Å²) in [6.07, 6.45) is -3.65. The van der Waals surface area contributed by atoms with Crippen molar-refractivity contribution in [2.75, 3.05) is 16.0 Å². The average molecular weight is 560 g/mol. The summed E-state index contributed by atoms with van der Waals surface area (Å²) in [7, 11) is 0. The highest BCUT2D eigenvalue weighted by atomic mass is 19.4. The van der Waals surface area contributed by atoms with Gasteiger partial charge in [-0.1, -0.05) is 53.6 Å². The standard InChI is InChI=1S/C28H20F3N7O3/c29-28(30,31)17-13-21(32-15-18-9-6-12-40-18)23(33-14-17)26-37-38-27(41-26)36-24-25(39)34-20-11-5-4-10-19(20)22(35-24)16-7-2-1-3-8-16/h1-14,24,32H,15H2,(H,34,39)(H,36,38). The molecule has 1 atom stereocenters. The second-order valence-corrected chi connectivity index (χ2v) is 8.89. The molecule has 5 aromatic rings. The van der Waals surface area contributed by atoms with Gasteiger partial charge >= 0.3 is 12.2 Å². The number of aliphatic imine (C=N–C) groups is 1. The number of carbonyl (C=O) groups is 1. The minimum Gasteiger partial charge on any atom is -0.467 e. The molecule has 3 N–H and O–H groups in total. The van der Waals surface area contributed by atoms with Crippen LogP contribution in [0.5, 0.6) is 0 Å². The molecule has 0 saturated carbocycles. The molecule has 1 unspecified atom stereocenters. The number of fused-ring (bicyclic) bond motifs is 1. The zero-order chi connectivity index (χ0) is 28.4. The summed E-state index contributed by atoms with van der Waals surface area (Å²) in [5.74, 6) is -0.155. The van der Waals surface area contributed by atoms with E-state index in [2.05, 4.69) is 36.1 Å². The number of carbonyl (C=O) groups excluding carboxylic acids is 1. The maximum absolute atomic E-state index is 13.4. The quantitative estimate of drug-likeness (QED) is 0.236. The van der Waals surface area contributed by atoms with Crippen LogP contribution < -0.4 is 16.0 Å². The lowest BCUT2D eigenvalue weighted by Gasteiger charge is -2.12. The van der Waals surface area contributed by atoms with E-state index in [1.165, 1.54) is 6.26 Å². The molecule has 1 aliphatic heterocycles. The summed E-state index contributed by atoms with van der Waals surface area (Å²) in [5, 5.41) is 16.4. The van der Waals surface area contributed by atoms with Crippen molar-refractivity contribution in [3.05, 3.63) is 108 Å². The number of nitrogens with zero attached hydrogens (tertiary/aromatic N) is 4. The van der Waals surface area contributed by atoms with Crippen LogP contribution in [0.25, 0.3) is 11.6 Å². The highest BCUT2D eigenvalue weighted by Crippen LogP contribution is 2.35. The Hall–Kier alpha value is -5.46. The number of furan rings is 1. The van der Waals surface area contributed by atoms with Gasteiger partial charge in [0, 0.05) is 17.3 Å². The Labute approximate surface area is 230 Å². The number of amides is 1. The number of nitrogens with one attached hydrogen (secondary N) is 3. The first-order valence-electron chi connectivity index (χ1n) is 12.3. The molecule has 206 valence electrons. The molecule has 0 fully saturated rings. The van der Waals surface area contributed by atoms with E-state index < -0.39 is 23.8 Å². The van der Waals surface area contributed by atoms with Crippen molar-refractivity contribution in [3.63, 3.8) is 0 Å². The molecule has 0 radical (unpaired) electrons. The number of para-hydroxylation sites is 1. The molecular weight excluding hydrogens is 539 g/mol. The van der Waals surface area contributed by atoms with Crippen LogP contribution in [0.15, 0.2) is 99.1 Å². The van der Waals surface area contributed by atoms with Crippen molar-refractivity contribution in [2.45, 2.75) is 18.9 Å². The van der Waals surface area contributed by atoms with Gasteiger partial charge in [0.05, 0.1) is 35.5 Å². The topological polar surface area (TPSA) is 130 Å². The van der Waals surface area contributed by atoms with Crippen LogP contribution in [0.1, 0.15) is 22.5 Å².